The van der Waals surface area contributed by atoms with Crippen molar-refractivity contribution in [1.82, 2.24) is 20.2 Å². The molecule has 0 bridgehead atoms. The van der Waals surface area contributed by atoms with E-state index in [4.69, 9.17) is 0 Å². The molecule has 0 saturated heterocycles. The van der Waals surface area contributed by atoms with Crippen LogP contribution >= 0.6 is 11.8 Å². The van der Waals surface area contributed by atoms with Gasteiger partial charge in [-0.3, -0.25) is 4.79 Å². The molecule has 0 saturated carbocycles. The van der Waals surface area contributed by atoms with E-state index >= 15 is 0 Å². The molecule has 7 heteroatoms. The number of carbonyl (C=O) groups is 1. The number of fused-ring (bicyclic) bond motifs is 3. The summed E-state index contributed by atoms with van der Waals surface area (Å²) >= 11 is 1.23. The molecular formula is C18H13FN4OS. The van der Waals surface area contributed by atoms with Crippen LogP contribution in [0.4, 0.5) is 4.39 Å². The first-order valence-electron chi connectivity index (χ1n) is 7.64. The van der Waals surface area contributed by atoms with Crippen LogP contribution in [0.1, 0.15) is 15.9 Å². The number of hydrogen-bond donors (Lipinski definition) is 1. The molecule has 2 aromatic heterocycles. The molecule has 0 fully saturated rings. The maximum absolute atomic E-state index is 13.4. The Labute approximate surface area is 146 Å². The van der Waals surface area contributed by atoms with Crippen molar-refractivity contribution in [2.45, 2.75) is 12.1 Å². The van der Waals surface area contributed by atoms with Gasteiger partial charge in [0.25, 0.3) is 0 Å². The van der Waals surface area contributed by atoms with Gasteiger partial charge in [0.05, 0.1) is 5.75 Å². The first kappa shape index (κ1) is 15.7. The summed E-state index contributed by atoms with van der Waals surface area (Å²) in [5.41, 5.74) is 3.56. The molecule has 0 unspecified atom stereocenters. The van der Waals surface area contributed by atoms with Crippen LogP contribution in [-0.4, -0.2) is 31.7 Å². The van der Waals surface area contributed by atoms with Gasteiger partial charge < -0.3 is 4.98 Å². The molecule has 0 spiro atoms. The quantitative estimate of drug-likeness (QED) is 0.445. The van der Waals surface area contributed by atoms with Crippen LogP contribution in [0.5, 0.6) is 0 Å². The molecule has 4 aromatic rings. The predicted octanol–water partition coefficient (Wildman–Crippen LogP) is 3.93. The summed E-state index contributed by atoms with van der Waals surface area (Å²) in [5.74, 6) is -0.102. The van der Waals surface area contributed by atoms with E-state index < -0.39 is 0 Å². The first-order chi connectivity index (χ1) is 12.1. The Kier molecular flexibility index (Phi) is 3.93. The summed E-state index contributed by atoms with van der Waals surface area (Å²) in [4.78, 5) is 19.7. The fourth-order valence-electron chi connectivity index (χ4n) is 2.54. The molecule has 2 aromatic carbocycles. The first-order valence-corrected chi connectivity index (χ1v) is 8.63. The smallest absolute Gasteiger partial charge is 0.211 e. The average Bonchev–Trinajstić information content (AvgIpc) is 2.97. The fourth-order valence-corrected chi connectivity index (χ4v) is 3.22. The van der Waals surface area contributed by atoms with Crippen LogP contribution in [-0.2, 0) is 0 Å². The minimum absolute atomic E-state index is 0.00687. The Morgan fingerprint density at radius 3 is 2.76 bits per heavy atom. The number of nitrogens with one attached hydrogen (secondary N) is 1. The summed E-state index contributed by atoms with van der Waals surface area (Å²) in [5, 5.41) is 9.22. The number of nitrogens with zero attached hydrogens (tertiary/aromatic N) is 3. The van der Waals surface area contributed by atoms with Crippen LogP contribution in [0.15, 0.2) is 47.6 Å². The van der Waals surface area contributed by atoms with Crippen LogP contribution in [0.2, 0.25) is 0 Å². The number of Topliss-reactive ketones (excluding diaryl/α,β-unsaturated/α-hetero) is 1. The Morgan fingerprint density at radius 1 is 1.16 bits per heavy atom. The molecule has 0 aliphatic rings. The molecular weight excluding hydrogens is 339 g/mol. The lowest BCUT2D eigenvalue weighted by Crippen LogP contribution is -2.03. The number of aromatic amines is 1. The van der Waals surface area contributed by atoms with Crippen LogP contribution in [0.25, 0.3) is 22.1 Å². The molecule has 2 heterocycles. The van der Waals surface area contributed by atoms with Gasteiger partial charge in [0, 0.05) is 16.5 Å². The Bertz CT molecular complexity index is 1090. The minimum Gasteiger partial charge on any atom is -0.338 e. The normalized spacial score (nSPS) is 11.3. The average molecular weight is 352 g/mol. The highest BCUT2D eigenvalue weighted by Crippen LogP contribution is 2.24. The summed E-state index contributed by atoms with van der Waals surface area (Å²) in [6.07, 6.45) is 0. The number of aromatic nitrogens is 4. The zero-order valence-electron chi connectivity index (χ0n) is 13.3. The Balaban J connectivity index is 1.56. The van der Waals surface area contributed by atoms with Crippen molar-refractivity contribution < 1.29 is 9.18 Å². The van der Waals surface area contributed by atoms with Gasteiger partial charge in [-0.2, -0.15) is 0 Å². The molecule has 124 valence electrons. The Hall–Kier alpha value is -2.80. The second kappa shape index (κ2) is 6.25. The SMILES string of the molecule is Cc1ccc(C(=O)CSc2nnc3c(n2)[nH]c2ccc(F)cc23)cc1. The molecule has 1 N–H and O–H groups in total. The summed E-state index contributed by atoms with van der Waals surface area (Å²) in [6, 6.07) is 11.9. The third-order valence-corrected chi connectivity index (χ3v) is 4.70. The zero-order valence-corrected chi connectivity index (χ0v) is 14.1. The minimum atomic E-state index is -0.336. The van der Waals surface area contributed by atoms with Crippen molar-refractivity contribution in [2.24, 2.45) is 0 Å². The van der Waals surface area contributed by atoms with E-state index in [1.165, 1.54) is 23.9 Å². The van der Waals surface area contributed by atoms with Crippen molar-refractivity contribution >= 4 is 39.6 Å². The number of thioether (sulfide) groups is 1. The number of rotatable bonds is 4. The molecule has 0 aliphatic carbocycles. The molecule has 0 aliphatic heterocycles. The highest BCUT2D eigenvalue weighted by molar-refractivity contribution is 7.99. The monoisotopic (exact) mass is 352 g/mol. The maximum Gasteiger partial charge on any atom is 0.211 e. The second-order valence-corrected chi connectivity index (χ2v) is 6.63. The van der Waals surface area contributed by atoms with Crippen molar-refractivity contribution in [1.29, 1.82) is 0 Å². The van der Waals surface area contributed by atoms with E-state index in [0.29, 0.717) is 27.3 Å². The van der Waals surface area contributed by atoms with Crippen LogP contribution in [0.3, 0.4) is 0 Å². The van der Waals surface area contributed by atoms with Gasteiger partial charge in [-0.25, -0.2) is 9.37 Å². The maximum atomic E-state index is 13.4. The lowest BCUT2D eigenvalue weighted by atomic mass is 10.1. The van der Waals surface area contributed by atoms with E-state index in [2.05, 4.69) is 20.2 Å². The van der Waals surface area contributed by atoms with Gasteiger partial charge in [-0.15, -0.1) is 10.2 Å². The largest absolute Gasteiger partial charge is 0.338 e. The number of H-pyrrole nitrogens is 1. The van der Waals surface area contributed by atoms with Crippen molar-refractivity contribution in [3.8, 4) is 0 Å². The molecule has 4 rings (SSSR count). The number of ketones is 1. The van der Waals surface area contributed by atoms with Crippen molar-refractivity contribution in [2.75, 3.05) is 5.75 Å². The molecule has 0 radical (unpaired) electrons. The van der Waals surface area contributed by atoms with Gasteiger partial charge in [-0.1, -0.05) is 41.6 Å². The summed E-state index contributed by atoms with van der Waals surface area (Å²) in [6.45, 7) is 1.98. The van der Waals surface area contributed by atoms with Crippen LogP contribution in [0, 0.1) is 12.7 Å². The Morgan fingerprint density at radius 2 is 1.96 bits per heavy atom. The van der Waals surface area contributed by atoms with E-state index in [9.17, 15) is 9.18 Å². The summed E-state index contributed by atoms with van der Waals surface area (Å²) in [7, 11) is 0. The van der Waals surface area contributed by atoms with Crippen LogP contribution < -0.4 is 0 Å². The third-order valence-electron chi connectivity index (χ3n) is 3.86. The predicted molar refractivity (Wildman–Crippen MR) is 95.4 cm³/mol. The number of carbonyl (C=O) groups excluding carboxylic acids is 1. The van der Waals surface area contributed by atoms with E-state index in [1.54, 1.807) is 6.07 Å². The molecule has 0 atom stereocenters. The van der Waals surface area contributed by atoms with E-state index in [1.807, 2.05) is 31.2 Å². The molecule has 0 amide bonds. The zero-order chi connectivity index (χ0) is 17.4. The lowest BCUT2D eigenvalue weighted by molar-refractivity contribution is 0.102. The van der Waals surface area contributed by atoms with Gasteiger partial charge in [0.15, 0.2) is 11.4 Å². The molecule has 5 nitrogen and oxygen atoms in total. The van der Waals surface area contributed by atoms with Gasteiger partial charge >= 0.3 is 0 Å². The lowest BCUT2D eigenvalue weighted by Gasteiger charge is -2.01. The van der Waals surface area contributed by atoms with Gasteiger partial charge in [0.2, 0.25) is 5.16 Å². The second-order valence-electron chi connectivity index (χ2n) is 5.68. The number of benzene rings is 2. The third kappa shape index (κ3) is 3.10. The van der Waals surface area contributed by atoms with E-state index in [-0.39, 0.29) is 17.4 Å². The van der Waals surface area contributed by atoms with Gasteiger partial charge in [-0.05, 0) is 25.1 Å². The standard InChI is InChI=1S/C18H13FN4OS/c1-10-2-4-11(5-3-10)15(24)9-25-18-21-17-16(22-23-18)13-8-12(19)6-7-14(13)20-17/h2-8H,9H2,1H3,(H,20,21,23). The topological polar surface area (TPSA) is 71.5 Å². The number of hydrogen-bond acceptors (Lipinski definition) is 5. The highest BCUT2D eigenvalue weighted by Gasteiger charge is 2.12. The van der Waals surface area contributed by atoms with E-state index in [0.717, 1.165) is 11.1 Å². The van der Waals surface area contributed by atoms with Crippen molar-refractivity contribution in [3.05, 3.63) is 59.4 Å². The number of aryl methyl sites for hydroxylation is 1. The van der Waals surface area contributed by atoms with Gasteiger partial charge in [0.1, 0.15) is 11.3 Å². The highest BCUT2D eigenvalue weighted by atomic mass is 32.2. The molecule has 25 heavy (non-hydrogen) atoms. The fraction of sp³-hybridized carbons (Fsp3) is 0.111. The number of halogens is 1. The summed E-state index contributed by atoms with van der Waals surface area (Å²) < 4.78 is 13.4. The van der Waals surface area contributed by atoms with Crippen molar-refractivity contribution in [3.63, 3.8) is 0 Å².